The standard InChI is InChI=1S/C16H21FN2O4/c1-9-7-10(5-6-11(9)17)13(14(21)22)19-12(20)8-18-15(23)16(2,3)4/h5-7,13H,8H2,1-4H3,(H,18,23)(H,19,20)(H,21,22). The predicted molar refractivity (Wildman–Crippen MR) is 82.1 cm³/mol. The fraction of sp³-hybridized carbons (Fsp3) is 0.438. The van der Waals surface area contributed by atoms with Gasteiger partial charge in [0, 0.05) is 5.41 Å². The first-order valence-corrected chi connectivity index (χ1v) is 7.09. The third kappa shape index (κ3) is 5.36. The lowest BCUT2D eigenvalue weighted by atomic mass is 9.96. The van der Waals surface area contributed by atoms with E-state index in [1.54, 1.807) is 20.8 Å². The molecule has 0 aliphatic carbocycles. The van der Waals surface area contributed by atoms with Crippen molar-refractivity contribution in [2.75, 3.05) is 6.54 Å². The number of aryl methyl sites for hydroxylation is 1. The summed E-state index contributed by atoms with van der Waals surface area (Å²) in [6.45, 7) is 6.26. The minimum atomic E-state index is -1.31. The van der Waals surface area contributed by atoms with Gasteiger partial charge in [-0.25, -0.2) is 9.18 Å². The summed E-state index contributed by atoms with van der Waals surface area (Å²) in [6, 6.07) is 2.50. The summed E-state index contributed by atoms with van der Waals surface area (Å²) in [4.78, 5) is 34.9. The van der Waals surface area contributed by atoms with E-state index in [4.69, 9.17) is 0 Å². The van der Waals surface area contributed by atoms with Crippen molar-refractivity contribution in [2.45, 2.75) is 33.7 Å². The predicted octanol–water partition coefficient (Wildman–Crippen LogP) is 1.54. The van der Waals surface area contributed by atoms with Gasteiger partial charge < -0.3 is 15.7 Å². The van der Waals surface area contributed by atoms with E-state index < -0.39 is 29.2 Å². The van der Waals surface area contributed by atoms with Gasteiger partial charge in [0.05, 0.1) is 6.54 Å². The molecule has 2 amide bonds. The molecule has 0 aromatic heterocycles. The first-order valence-electron chi connectivity index (χ1n) is 7.09. The number of nitrogens with one attached hydrogen (secondary N) is 2. The molecule has 0 saturated heterocycles. The first-order chi connectivity index (χ1) is 10.5. The van der Waals surface area contributed by atoms with Crippen LogP contribution in [0.5, 0.6) is 0 Å². The van der Waals surface area contributed by atoms with Crippen LogP contribution in [0.2, 0.25) is 0 Å². The second-order valence-electron chi connectivity index (χ2n) is 6.28. The van der Waals surface area contributed by atoms with Crippen LogP contribution in [0.4, 0.5) is 4.39 Å². The zero-order valence-corrected chi connectivity index (χ0v) is 13.6. The largest absolute Gasteiger partial charge is 0.479 e. The molecular weight excluding hydrogens is 303 g/mol. The number of carbonyl (C=O) groups is 3. The summed E-state index contributed by atoms with van der Waals surface area (Å²) in [6.07, 6.45) is 0. The molecule has 0 saturated carbocycles. The van der Waals surface area contributed by atoms with E-state index in [-0.39, 0.29) is 23.6 Å². The van der Waals surface area contributed by atoms with Crippen LogP contribution in [-0.2, 0) is 14.4 Å². The molecule has 1 rings (SSSR count). The Morgan fingerprint density at radius 1 is 1.26 bits per heavy atom. The van der Waals surface area contributed by atoms with E-state index in [1.807, 2.05) is 0 Å². The monoisotopic (exact) mass is 324 g/mol. The molecule has 3 N–H and O–H groups in total. The molecule has 0 aliphatic heterocycles. The molecule has 1 aromatic rings. The molecule has 0 heterocycles. The highest BCUT2D eigenvalue weighted by Gasteiger charge is 2.25. The number of carbonyl (C=O) groups excluding carboxylic acids is 2. The van der Waals surface area contributed by atoms with Crippen molar-refractivity contribution in [1.29, 1.82) is 0 Å². The van der Waals surface area contributed by atoms with E-state index in [0.29, 0.717) is 0 Å². The summed E-state index contributed by atoms with van der Waals surface area (Å²) < 4.78 is 13.3. The molecule has 6 nitrogen and oxygen atoms in total. The Labute approximate surface area is 134 Å². The number of benzene rings is 1. The Bertz CT molecular complexity index is 623. The number of carboxylic acid groups (broad SMARTS) is 1. The van der Waals surface area contributed by atoms with Crippen molar-refractivity contribution >= 4 is 17.8 Å². The van der Waals surface area contributed by atoms with Crippen LogP contribution in [0.3, 0.4) is 0 Å². The van der Waals surface area contributed by atoms with Gasteiger partial charge in [-0.3, -0.25) is 9.59 Å². The molecule has 0 bridgehead atoms. The van der Waals surface area contributed by atoms with Crippen LogP contribution in [0.15, 0.2) is 18.2 Å². The maximum Gasteiger partial charge on any atom is 0.330 e. The minimum absolute atomic E-state index is 0.256. The summed E-state index contributed by atoms with van der Waals surface area (Å²) in [7, 11) is 0. The number of hydrogen-bond donors (Lipinski definition) is 3. The first kappa shape index (κ1) is 18.6. The second kappa shape index (κ2) is 7.21. The van der Waals surface area contributed by atoms with Gasteiger partial charge in [-0.1, -0.05) is 32.9 Å². The average Bonchev–Trinajstić information content (AvgIpc) is 2.43. The SMILES string of the molecule is Cc1cc(C(NC(=O)CNC(=O)C(C)(C)C)C(=O)O)ccc1F. The highest BCUT2D eigenvalue weighted by molar-refractivity contribution is 5.89. The molecule has 126 valence electrons. The quantitative estimate of drug-likeness (QED) is 0.765. The number of hydrogen-bond acceptors (Lipinski definition) is 3. The highest BCUT2D eigenvalue weighted by Crippen LogP contribution is 2.17. The molecule has 23 heavy (non-hydrogen) atoms. The van der Waals surface area contributed by atoms with Crippen molar-refractivity contribution in [3.63, 3.8) is 0 Å². The van der Waals surface area contributed by atoms with Gasteiger partial charge in [0.25, 0.3) is 0 Å². The van der Waals surface area contributed by atoms with Crippen LogP contribution < -0.4 is 10.6 Å². The van der Waals surface area contributed by atoms with Crippen LogP contribution in [0, 0.1) is 18.2 Å². The smallest absolute Gasteiger partial charge is 0.330 e. The molecule has 1 aromatic carbocycles. The number of rotatable bonds is 5. The van der Waals surface area contributed by atoms with Gasteiger partial charge in [-0.15, -0.1) is 0 Å². The fourth-order valence-corrected chi connectivity index (χ4v) is 1.77. The zero-order valence-electron chi connectivity index (χ0n) is 13.6. The Morgan fingerprint density at radius 2 is 1.87 bits per heavy atom. The molecule has 0 fully saturated rings. The molecule has 1 unspecified atom stereocenters. The van der Waals surface area contributed by atoms with Crippen molar-refractivity contribution in [1.82, 2.24) is 10.6 Å². The molecule has 0 radical (unpaired) electrons. The van der Waals surface area contributed by atoms with Gasteiger partial charge in [0.1, 0.15) is 5.82 Å². The summed E-state index contributed by atoms with van der Waals surface area (Å²) in [5, 5.41) is 14.0. The highest BCUT2D eigenvalue weighted by atomic mass is 19.1. The Hall–Kier alpha value is -2.44. The Balaban J connectivity index is 2.77. The zero-order chi connectivity index (χ0) is 17.8. The lowest BCUT2D eigenvalue weighted by Gasteiger charge is -2.19. The normalized spacial score (nSPS) is 12.4. The van der Waals surface area contributed by atoms with Crippen LogP contribution in [0.1, 0.15) is 37.9 Å². The summed E-state index contributed by atoms with van der Waals surface area (Å²) in [5.41, 5.74) is -0.114. The van der Waals surface area contributed by atoms with E-state index in [0.717, 1.165) is 6.07 Å². The van der Waals surface area contributed by atoms with Crippen molar-refractivity contribution in [2.24, 2.45) is 5.41 Å². The van der Waals surface area contributed by atoms with E-state index in [9.17, 15) is 23.9 Å². The molecule has 1 atom stereocenters. The van der Waals surface area contributed by atoms with Crippen molar-refractivity contribution in [3.05, 3.63) is 35.1 Å². The molecule has 0 aliphatic rings. The number of halogens is 1. The number of aliphatic carboxylic acids is 1. The van der Waals surface area contributed by atoms with Gasteiger partial charge in [0.15, 0.2) is 6.04 Å². The third-order valence-corrected chi connectivity index (χ3v) is 3.16. The van der Waals surface area contributed by atoms with Crippen LogP contribution >= 0.6 is 0 Å². The van der Waals surface area contributed by atoms with Crippen molar-refractivity contribution < 1.29 is 23.9 Å². The number of carboxylic acids is 1. The Morgan fingerprint density at radius 3 is 2.35 bits per heavy atom. The molecule has 7 heteroatoms. The van der Waals surface area contributed by atoms with E-state index in [1.165, 1.54) is 19.1 Å². The summed E-state index contributed by atoms with van der Waals surface area (Å²) in [5.74, 6) is -2.69. The topological polar surface area (TPSA) is 95.5 Å². The van der Waals surface area contributed by atoms with Gasteiger partial charge in [-0.05, 0) is 24.1 Å². The minimum Gasteiger partial charge on any atom is -0.479 e. The summed E-state index contributed by atoms with van der Waals surface area (Å²) >= 11 is 0. The maximum absolute atomic E-state index is 13.3. The molecular formula is C16H21FN2O4. The molecule has 0 spiro atoms. The second-order valence-corrected chi connectivity index (χ2v) is 6.28. The number of amides is 2. The third-order valence-electron chi connectivity index (χ3n) is 3.16. The van der Waals surface area contributed by atoms with Crippen LogP contribution in [-0.4, -0.2) is 29.4 Å². The maximum atomic E-state index is 13.3. The Kier molecular flexibility index (Phi) is 5.84. The average molecular weight is 324 g/mol. The van der Waals surface area contributed by atoms with Gasteiger partial charge >= 0.3 is 5.97 Å². The lowest BCUT2D eigenvalue weighted by molar-refractivity contribution is -0.142. The fourth-order valence-electron chi connectivity index (χ4n) is 1.77. The van der Waals surface area contributed by atoms with Gasteiger partial charge in [-0.2, -0.15) is 0 Å². The van der Waals surface area contributed by atoms with E-state index in [2.05, 4.69) is 10.6 Å². The van der Waals surface area contributed by atoms with Gasteiger partial charge in [0.2, 0.25) is 11.8 Å². The lowest BCUT2D eigenvalue weighted by Crippen LogP contribution is -2.43. The van der Waals surface area contributed by atoms with Crippen LogP contribution in [0.25, 0.3) is 0 Å². The van der Waals surface area contributed by atoms with Crippen molar-refractivity contribution in [3.8, 4) is 0 Å². The van der Waals surface area contributed by atoms with E-state index >= 15 is 0 Å².